The zero-order chi connectivity index (χ0) is 19.2. The Morgan fingerprint density at radius 2 is 1.43 bits per heavy atom. The van der Waals surface area contributed by atoms with Crippen LogP contribution in [0, 0.1) is 0 Å². The van der Waals surface area contributed by atoms with Crippen molar-refractivity contribution in [2.45, 2.75) is 51.9 Å². The van der Waals surface area contributed by atoms with Crippen LogP contribution in [0.3, 0.4) is 0 Å². The number of aliphatic imine (C=N–C) groups is 1. The number of nitrogens with one attached hydrogen (secondary N) is 2. The number of hydrogen-bond acceptors (Lipinski definition) is 4. The van der Waals surface area contributed by atoms with Crippen LogP contribution >= 0.6 is 24.0 Å². The standard InChI is InChI=1S/C21H44N6.HI/c1-3-22-21(24-12-10-16-26-13-7-4-5-8-14-26)23-11-6-9-15-27-19-17-25(2)18-20-27;/h3-20H2,1-2H3,(H2,22,23,24);1H. The van der Waals surface area contributed by atoms with Crippen molar-refractivity contribution in [3.05, 3.63) is 0 Å². The van der Waals surface area contributed by atoms with Crippen molar-refractivity contribution in [2.75, 3.05) is 79.0 Å². The molecule has 0 radical (unpaired) electrons. The predicted octanol–water partition coefficient (Wildman–Crippen LogP) is 2.45. The Bertz CT molecular complexity index is 390. The molecular formula is C21H45IN6. The normalized spacial score (nSPS) is 20.4. The predicted molar refractivity (Wildman–Crippen MR) is 132 cm³/mol. The van der Waals surface area contributed by atoms with Crippen LogP contribution in [-0.4, -0.2) is 99.7 Å². The Hall–Kier alpha value is -0.120. The molecule has 0 saturated carbocycles. The fraction of sp³-hybridized carbons (Fsp3) is 0.952. The molecule has 0 aromatic heterocycles. The lowest BCUT2D eigenvalue weighted by molar-refractivity contribution is 0.152. The third-order valence-electron chi connectivity index (χ3n) is 5.73. The number of piperazine rings is 1. The Balaban J connectivity index is 0.00000392. The second-order valence-corrected chi connectivity index (χ2v) is 8.15. The fourth-order valence-corrected chi connectivity index (χ4v) is 3.93. The maximum Gasteiger partial charge on any atom is 0.191 e. The molecule has 2 heterocycles. The van der Waals surface area contributed by atoms with E-state index in [0.717, 1.165) is 25.6 Å². The van der Waals surface area contributed by atoms with Crippen molar-refractivity contribution in [3.63, 3.8) is 0 Å². The van der Waals surface area contributed by atoms with Gasteiger partial charge in [-0.1, -0.05) is 12.8 Å². The summed E-state index contributed by atoms with van der Waals surface area (Å²) in [7, 11) is 2.22. The van der Waals surface area contributed by atoms with E-state index in [1.54, 1.807) is 0 Å². The Morgan fingerprint density at radius 1 is 0.786 bits per heavy atom. The molecule has 2 saturated heterocycles. The molecule has 2 aliphatic rings. The van der Waals surface area contributed by atoms with Crippen LogP contribution in [0.25, 0.3) is 0 Å². The zero-order valence-electron chi connectivity index (χ0n) is 18.4. The summed E-state index contributed by atoms with van der Waals surface area (Å²) in [6.07, 6.45) is 9.23. The van der Waals surface area contributed by atoms with Crippen LogP contribution < -0.4 is 10.6 Å². The van der Waals surface area contributed by atoms with E-state index in [9.17, 15) is 0 Å². The molecule has 0 amide bonds. The van der Waals surface area contributed by atoms with Gasteiger partial charge in [-0.05, 0) is 72.3 Å². The number of likely N-dealkylation sites (tertiary alicyclic amines) is 1. The van der Waals surface area contributed by atoms with Crippen LogP contribution in [0.4, 0.5) is 0 Å². The van der Waals surface area contributed by atoms with E-state index in [2.05, 4.69) is 39.3 Å². The maximum absolute atomic E-state index is 4.77. The van der Waals surface area contributed by atoms with Gasteiger partial charge in [0.05, 0.1) is 0 Å². The second-order valence-electron chi connectivity index (χ2n) is 8.15. The smallest absolute Gasteiger partial charge is 0.191 e. The molecule has 2 aliphatic heterocycles. The molecule has 0 aromatic carbocycles. The second kappa shape index (κ2) is 16.7. The van der Waals surface area contributed by atoms with E-state index < -0.39 is 0 Å². The summed E-state index contributed by atoms with van der Waals surface area (Å²) in [5.74, 6) is 0.993. The number of unbranched alkanes of at least 4 members (excludes halogenated alkanes) is 1. The van der Waals surface area contributed by atoms with Gasteiger partial charge in [-0.3, -0.25) is 4.99 Å². The quantitative estimate of drug-likeness (QED) is 0.206. The van der Waals surface area contributed by atoms with E-state index in [0.29, 0.717) is 0 Å². The van der Waals surface area contributed by atoms with E-state index in [4.69, 9.17) is 4.99 Å². The Morgan fingerprint density at radius 3 is 2.11 bits per heavy atom. The van der Waals surface area contributed by atoms with Crippen LogP contribution in [-0.2, 0) is 0 Å². The number of hydrogen-bond donors (Lipinski definition) is 2. The van der Waals surface area contributed by atoms with Gasteiger partial charge in [0.25, 0.3) is 0 Å². The first-order valence-electron chi connectivity index (χ1n) is 11.4. The maximum atomic E-state index is 4.77. The van der Waals surface area contributed by atoms with Crippen molar-refractivity contribution in [1.82, 2.24) is 25.3 Å². The van der Waals surface area contributed by atoms with Crippen molar-refractivity contribution in [2.24, 2.45) is 4.99 Å². The van der Waals surface area contributed by atoms with E-state index in [1.165, 1.54) is 97.3 Å². The van der Waals surface area contributed by atoms with Crippen molar-refractivity contribution < 1.29 is 0 Å². The molecular weight excluding hydrogens is 463 g/mol. The van der Waals surface area contributed by atoms with E-state index in [1.807, 2.05) is 0 Å². The SMILES string of the molecule is CCNC(=NCCCN1CCCCCC1)NCCCCN1CCN(C)CC1.I. The van der Waals surface area contributed by atoms with Gasteiger partial charge in [0.1, 0.15) is 0 Å². The van der Waals surface area contributed by atoms with Crippen LogP contribution in [0.15, 0.2) is 4.99 Å². The molecule has 0 atom stereocenters. The fourth-order valence-electron chi connectivity index (χ4n) is 3.93. The van der Waals surface area contributed by atoms with Gasteiger partial charge >= 0.3 is 0 Å². The molecule has 0 aromatic rings. The van der Waals surface area contributed by atoms with Crippen molar-refractivity contribution >= 4 is 29.9 Å². The summed E-state index contributed by atoms with van der Waals surface area (Å²) < 4.78 is 0. The first-order chi connectivity index (χ1) is 13.3. The Labute approximate surface area is 190 Å². The number of guanidine groups is 1. The van der Waals surface area contributed by atoms with Gasteiger partial charge < -0.3 is 25.3 Å². The molecule has 2 fully saturated rings. The third kappa shape index (κ3) is 11.8. The highest BCUT2D eigenvalue weighted by molar-refractivity contribution is 14.0. The van der Waals surface area contributed by atoms with Gasteiger partial charge in [-0.2, -0.15) is 0 Å². The molecule has 0 spiro atoms. The van der Waals surface area contributed by atoms with Crippen molar-refractivity contribution in [1.29, 1.82) is 0 Å². The molecule has 166 valence electrons. The molecule has 0 bridgehead atoms. The molecule has 0 unspecified atom stereocenters. The minimum Gasteiger partial charge on any atom is -0.357 e. The van der Waals surface area contributed by atoms with Gasteiger partial charge in [0.15, 0.2) is 5.96 Å². The molecule has 7 heteroatoms. The van der Waals surface area contributed by atoms with Crippen molar-refractivity contribution in [3.8, 4) is 0 Å². The lowest BCUT2D eigenvalue weighted by Crippen LogP contribution is -2.44. The third-order valence-corrected chi connectivity index (χ3v) is 5.73. The highest BCUT2D eigenvalue weighted by Gasteiger charge is 2.12. The van der Waals surface area contributed by atoms with Gasteiger partial charge in [-0.15, -0.1) is 24.0 Å². The van der Waals surface area contributed by atoms with E-state index >= 15 is 0 Å². The topological polar surface area (TPSA) is 46.1 Å². The summed E-state index contributed by atoms with van der Waals surface area (Å²) in [5.41, 5.74) is 0. The van der Waals surface area contributed by atoms with Gasteiger partial charge in [0.2, 0.25) is 0 Å². The average molecular weight is 509 g/mol. The van der Waals surface area contributed by atoms with E-state index in [-0.39, 0.29) is 24.0 Å². The first kappa shape index (κ1) is 25.9. The molecule has 0 aliphatic carbocycles. The van der Waals surface area contributed by atoms with Gasteiger partial charge in [-0.25, -0.2) is 0 Å². The lowest BCUT2D eigenvalue weighted by atomic mass is 10.2. The summed E-state index contributed by atoms with van der Waals surface area (Å²) >= 11 is 0. The Kier molecular flexibility index (Phi) is 15.4. The summed E-state index contributed by atoms with van der Waals surface area (Å²) in [6, 6.07) is 0. The monoisotopic (exact) mass is 508 g/mol. The first-order valence-corrected chi connectivity index (χ1v) is 11.4. The molecule has 2 rings (SSSR count). The summed E-state index contributed by atoms with van der Waals surface area (Å²) in [6.45, 7) is 14.9. The summed E-state index contributed by atoms with van der Waals surface area (Å²) in [4.78, 5) is 12.4. The minimum atomic E-state index is 0. The number of likely N-dealkylation sites (N-methyl/N-ethyl adjacent to an activating group) is 1. The zero-order valence-corrected chi connectivity index (χ0v) is 20.8. The highest BCUT2D eigenvalue weighted by Crippen LogP contribution is 2.09. The molecule has 28 heavy (non-hydrogen) atoms. The largest absolute Gasteiger partial charge is 0.357 e. The minimum absolute atomic E-state index is 0. The highest BCUT2D eigenvalue weighted by atomic mass is 127. The number of halogens is 1. The van der Waals surface area contributed by atoms with Gasteiger partial charge in [0, 0.05) is 45.8 Å². The molecule has 6 nitrogen and oxygen atoms in total. The number of nitrogens with zero attached hydrogens (tertiary/aromatic N) is 4. The van der Waals surface area contributed by atoms with Crippen LogP contribution in [0.2, 0.25) is 0 Å². The molecule has 2 N–H and O–H groups in total. The lowest BCUT2D eigenvalue weighted by Gasteiger charge is -2.32. The van der Waals surface area contributed by atoms with Crippen LogP contribution in [0.1, 0.15) is 51.9 Å². The summed E-state index contributed by atoms with van der Waals surface area (Å²) in [5, 5.41) is 6.90. The average Bonchev–Trinajstić information content (AvgIpc) is 2.95. The number of rotatable bonds is 10. The van der Waals surface area contributed by atoms with Crippen LogP contribution in [0.5, 0.6) is 0 Å².